The van der Waals surface area contributed by atoms with Crippen LogP contribution in [-0.2, 0) is 43.0 Å². The van der Waals surface area contributed by atoms with E-state index < -0.39 is 23.5 Å². The van der Waals surface area contributed by atoms with Gasteiger partial charge in [0, 0.05) is 0 Å². The molecule has 9 heteroatoms. The SMILES string of the molecule is CCCC1[C-]=CC(C(C)(C)C)=C1.Cc1[c-]c2c(cc1)-c1ccc(C)cc1C2.Cl.Cl.FC(F)(F)c1cccc([C](=[Zr+2])c2cccc(C(F)(F)F)c2)c1. The molecule has 2 aliphatic carbocycles. The minimum absolute atomic E-state index is 0. The van der Waals surface area contributed by atoms with Crippen molar-refractivity contribution in [2.45, 2.75) is 73.2 Å². The Hall–Kier alpha value is -2.73. The Labute approximate surface area is 325 Å². The Kier molecular flexibility index (Phi) is 16.0. The molecule has 4 aromatic rings. The van der Waals surface area contributed by atoms with Crippen LogP contribution in [0.25, 0.3) is 11.1 Å². The van der Waals surface area contributed by atoms with Gasteiger partial charge in [0.2, 0.25) is 0 Å². The monoisotopic (exact) mass is 820 g/mol. The van der Waals surface area contributed by atoms with Gasteiger partial charge in [0.05, 0.1) is 0 Å². The molecule has 0 fully saturated rings. The molecule has 0 spiro atoms. The van der Waals surface area contributed by atoms with E-state index in [2.05, 4.69) is 96.2 Å². The van der Waals surface area contributed by atoms with Gasteiger partial charge in [-0.3, -0.25) is 6.08 Å². The van der Waals surface area contributed by atoms with Crippen molar-refractivity contribution in [3.63, 3.8) is 0 Å². The van der Waals surface area contributed by atoms with Crippen LogP contribution in [0.3, 0.4) is 0 Å². The van der Waals surface area contributed by atoms with Crippen molar-refractivity contribution in [1.29, 1.82) is 0 Å². The number of hydrogen-bond acceptors (Lipinski definition) is 0. The zero-order chi connectivity index (χ0) is 36.1. The fraction of sp³-hybridized carbons (Fsp3) is 0.310. The first-order chi connectivity index (χ1) is 22.9. The van der Waals surface area contributed by atoms with Gasteiger partial charge in [-0.2, -0.15) is 35.4 Å². The molecule has 1 unspecified atom stereocenters. The van der Waals surface area contributed by atoms with E-state index in [0.29, 0.717) is 14.5 Å². The van der Waals surface area contributed by atoms with Crippen molar-refractivity contribution in [1.82, 2.24) is 0 Å². The first kappa shape index (κ1) is 44.4. The molecule has 2 aliphatic rings. The predicted octanol–water partition coefficient (Wildman–Crippen LogP) is 13.1. The maximum atomic E-state index is 12.7. The summed E-state index contributed by atoms with van der Waals surface area (Å²) in [7, 11) is 0. The Morgan fingerprint density at radius 3 is 1.80 bits per heavy atom. The topological polar surface area (TPSA) is 0 Å². The Morgan fingerprint density at radius 1 is 0.765 bits per heavy atom. The number of fused-ring (bicyclic) bond motifs is 3. The van der Waals surface area contributed by atoms with Crippen LogP contribution in [0.4, 0.5) is 26.3 Å². The van der Waals surface area contributed by atoms with Gasteiger partial charge >= 0.3 is 137 Å². The molecule has 0 heterocycles. The molecule has 6 rings (SSSR count). The average Bonchev–Trinajstić information content (AvgIpc) is 3.65. The second-order valence-electron chi connectivity index (χ2n) is 13.5. The minimum atomic E-state index is -4.49. The number of aryl methyl sites for hydroxylation is 2. The van der Waals surface area contributed by atoms with Crippen LogP contribution in [0.2, 0.25) is 0 Å². The fourth-order valence-electron chi connectivity index (χ4n) is 5.69. The first-order valence-corrected chi connectivity index (χ1v) is 17.5. The van der Waals surface area contributed by atoms with Crippen LogP contribution in [0.15, 0.2) is 96.6 Å². The van der Waals surface area contributed by atoms with Crippen molar-refractivity contribution in [3.8, 4) is 11.1 Å². The van der Waals surface area contributed by atoms with E-state index >= 15 is 0 Å². The van der Waals surface area contributed by atoms with Crippen molar-refractivity contribution < 1.29 is 50.6 Å². The van der Waals surface area contributed by atoms with Crippen molar-refractivity contribution >= 4 is 28.0 Å². The summed E-state index contributed by atoms with van der Waals surface area (Å²) in [5, 5.41) is 0. The molecule has 0 nitrogen and oxygen atoms in total. The van der Waals surface area contributed by atoms with Crippen LogP contribution >= 0.6 is 24.8 Å². The standard InChI is InChI=1S/C15H8F6.C15H13.C12H19.2ClH.Zr/c16-14(17,18)12-5-1-3-10(8-12)7-11-4-2-6-13(9-11)15(19,20)21;1-10-3-5-14-12(7-10)9-13-8-11(2)4-6-15(13)14;1-5-6-10-7-8-11(9-10)12(2,3)4;;;/h1-6,8-9H;3-7H,9H2,1-2H3;8-10H,5-6H2,1-4H3;2*1H;/q;2*-1;;;+2. The van der Waals surface area contributed by atoms with Gasteiger partial charge in [-0.1, -0.05) is 88.1 Å². The number of benzene rings is 4. The molecule has 0 aromatic heterocycles. The van der Waals surface area contributed by atoms with Crippen LogP contribution in [-0.4, -0.2) is 3.21 Å². The maximum absolute atomic E-state index is 12.7. The Balaban J connectivity index is 0.000000273. The van der Waals surface area contributed by atoms with Crippen molar-refractivity contribution in [3.05, 3.63) is 153 Å². The van der Waals surface area contributed by atoms with E-state index in [1.807, 2.05) is 0 Å². The van der Waals surface area contributed by atoms with Gasteiger partial charge in [0.1, 0.15) is 0 Å². The number of alkyl halides is 6. The summed E-state index contributed by atoms with van der Waals surface area (Å²) in [5.41, 5.74) is 8.80. The molecule has 1 atom stereocenters. The Morgan fingerprint density at radius 2 is 1.31 bits per heavy atom. The van der Waals surface area contributed by atoms with Gasteiger partial charge in [-0.15, -0.1) is 35.9 Å². The second kappa shape index (κ2) is 18.3. The van der Waals surface area contributed by atoms with Gasteiger partial charge < -0.3 is 0 Å². The van der Waals surface area contributed by atoms with E-state index in [4.69, 9.17) is 0 Å². The van der Waals surface area contributed by atoms with Crippen LogP contribution in [0.1, 0.15) is 85.0 Å². The first-order valence-electron chi connectivity index (χ1n) is 16.2. The molecular weight excluding hydrogens is 781 g/mol. The predicted molar refractivity (Wildman–Crippen MR) is 197 cm³/mol. The quantitative estimate of drug-likeness (QED) is 0.125. The zero-order valence-electron chi connectivity index (χ0n) is 29.4. The molecule has 0 saturated carbocycles. The van der Waals surface area contributed by atoms with Crippen LogP contribution in [0.5, 0.6) is 0 Å². The molecule has 0 saturated heterocycles. The zero-order valence-corrected chi connectivity index (χ0v) is 33.5. The molecule has 0 N–H and O–H groups in total. The molecule has 0 bridgehead atoms. The summed E-state index contributed by atoms with van der Waals surface area (Å²) in [4.78, 5) is 0. The molecule has 51 heavy (non-hydrogen) atoms. The molecular formula is C42H42Cl2F6Zr. The van der Waals surface area contributed by atoms with Crippen LogP contribution < -0.4 is 0 Å². The number of rotatable bonds is 4. The molecule has 0 aliphatic heterocycles. The molecule has 0 radical (unpaired) electrons. The van der Waals surface area contributed by atoms with E-state index in [0.717, 1.165) is 54.9 Å². The van der Waals surface area contributed by atoms with Gasteiger partial charge in [-0.25, -0.2) is 6.08 Å². The third-order valence-electron chi connectivity index (χ3n) is 8.35. The third kappa shape index (κ3) is 12.2. The van der Waals surface area contributed by atoms with E-state index in [9.17, 15) is 26.3 Å². The van der Waals surface area contributed by atoms with Crippen molar-refractivity contribution in [2.24, 2.45) is 11.3 Å². The fourth-order valence-corrected chi connectivity index (χ4v) is 6.46. The van der Waals surface area contributed by atoms with Crippen LogP contribution in [0, 0.1) is 37.3 Å². The van der Waals surface area contributed by atoms with Gasteiger partial charge in [0.15, 0.2) is 0 Å². The summed E-state index contributed by atoms with van der Waals surface area (Å²) >= 11 is 0.729. The van der Waals surface area contributed by atoms with Crippen molar-refractivity contribution in [2.75, 3.05) is 0 Å². The summed E-state index contributed by atoms with van der Waals surface area (Å²) in [6, 6.07) is 23.7. The summed E-state index contributed by atoms with van der Waals surface area (Å²) in [5.74, 6) is 0.587. The third-order valence-corrected chi connectivity index (χ3v) is 9.77. The molecule has 4 aromatic carbocycles. The average molecular weight is 823 g/mol. The van der Waals surface area contributed by atoms with E-state index in [1.54, 1.807) is 0 Å². The van der Waals surface area contributed by atoms with E-state index in [1.165, 1.54) is 76.1 Å². The van der Waals surface area contributed by atoms with Gasteiger partial charge in [0.25, 0.3) is 0 Å². The summed E-state index contributed by atoms with van der Waals surface area (Å²) in [6.07, 6.45) is 2.50. The molecule has 0 amide bonds. The Bertz CT molecular complexity index is 1750. The normalized spacial score (nSPS) is 14.4. The number of hydrogen-bond donors (Lipinski definition) is 0. The van der Waals surface area contributed by atoms with Gasteiger partial charge in [-0.05, 0) is 18.9 Å². The summed E-state index contributed by atoms with van der Waals surface area (Å²) < 4.78 is 76.7. The number of halogens is 8. The van der Waals surface area contributed by atoms with E-state index in [-0.39, 0.29) is 35.9 Å². The number of allylic oxidation sites excluding steroid dienone is 4. The molecule has 270 valence electrons. The summed E-state index contributed by atoms with van der Waals surface area (Å²) in [6.45, 7) is 13.2. The second-order valence-corrected chi connectivity index (χ2v) is 14.7.